The van der Waals surface area contributed by atoms with E-state index in [1.54, 1.807) is 62.6 Å². The van der Waals surface area contributed by atoms with Crippen molar-refractivity contribution in [1.82, 2.24) is 5.32 Å². The Morgan fingerprint density at radius 2 is 1.66 bits per heavy atom. The first-order chi connectivity index (χ1) is 13.7. The van der Waals surface area contributed by atoms with E-state index >= 15 is 0 Å². The second-order valence-electron chi connectivity index (χ2n) is 6.40. The highest BCUT2D eigenvalue weighted by atomic mass is 32.2. The molecule has 0 fully saturated rings. The number of ether oxygens (including phenoxy) is 3. The van der Waals surface area contributed by atoms with Crippen molar-refractivity contribution in [2.24, 2.45) is 0 Å². The second-order valence-corrected chi connectivity index (χ2v) is 8.30. The molecule has 0 saturated heterocycles. The van der Waals surface area contributed by atoms with E-state index in [-0.39, 0.29) is 19.2 Å². The summed E-state index contributed by atoms with van der Waals surface area (Å²) in [7, 11) is -0.670. The zero-order valence-corrected chi connectivity index (χ0v) is 17.7. The van der Waals surface area contributed by atoms with E-state index in [4.69, 9.17) is 14.2 Å². The number of amides is 1. The van der Waals surface area contributed by atoms with Crippen molar-refractivity contribution >= 4 is 21.6 Å². The fraction of sp³-hybridized carbons (Fsp3) is 0.350. The van der Waals surface area contributed by atoms with Gasteiger partial charge in [-0.3, -0.25) is 9.10 Å². The third-order valence-corrected chi connectivity index (χ3v) is 5.13. The Kier molecular flexibility index (Phi) is 7.72. The number of rotatable bonds is 10. The van der Waals surface area contributed by atoms with Crippen LogP contribution in [0.5, 0.6) is 17.2 Å². The Morgan fingerprint density at radius 3 is 2.24 bits per heavy atom. The average molecular weight is 423 g/mol. The van der Waals surface area contributed by atoms with Gasteiger partial charge in [-0.25, -0.2) is 8.42 Å². The van der Waals surface area contributed by atoms with Crippen LogP contribution in [0.1, 0.15) is 6.92 Å². The molecule has 1 atom stereocenters. The molecule has 29 heavy (non-hydrogen) atoms. The third kappa shape index (κ3) is 6.56. The Labute approximate surface area is 171 Å². The van der Waals surface area contributed by atoms with Gasteiger partial charge in [0.25, 0.3) is 0 Å². The lowest BCUT2D eigenvalue weighted by atomic mass is 10.3. The molecule has 0 unspecified atom stereocenters. The van der Waals surface area contributed by atoms with Crippen LogP contribution < -0.4 is 23.8 Å². The van der Waals surface area contributed by atoms with Crippen LogP contribution in [-0.4, -0.2) is 54.0 Å². The molecular weight excluding hydrogens is 396 g/mol. The smallest absolute Gasteiger partial charge is 0.241 e. The molecular formula is C20H26N2O6S. The van der Waals surface area contributed by atoms with Gasteiger partial charge in [0.2, 0.25) is 15.9 Å². The maximum absolute atomic E-state index is 12.4. The zero-order chi connectivity index (χ0) is 21.4. The number of nitrogens with zero attached hydrogens (tertiary/aromatic N) is 1. The first-order valence-corrected chi connectivity index (χ1v) is 10.8. The Hall–Kier alpha value is -2.94. The van der Waals surface area contributed by atoms with Gasteiger partial charge < -0.3 is 19.5 Å². The molecule has 0 bridgehead atoms. The summed E-state index contributed by atoms with van der Waals surface area (Å²) in [4.78, 5) is 12.4. The first kappa shape index (κ1) is 22.4. The van der Waals surface area contributed by atoms with Gasteiger partial charge in [-0.2, -0.15) is 0 Å². The monoisotopic (exact) mass is 422 g/mol. The van der Waals surface area contributed by atoms with E-state index < -0.39 is 15.9 Å². The fourth-order valence-electron chi connectivity index (χ4n) is 2.60. The number of benzene rings is 2. The molecule has 0 aliphatic heterocycles. The van der Waals surface area contributed by atoms with Crippen molar-refractivity contribution in [2.45, 2.75) is 13.0 Å². The Balaban J connectivity index is 1.98. The van der Waals surface area contributed by atoms with Gasteiger partial charge in [0, 0.05) is 0 Å². The first-order valence-electron chi connectivity index (χ1n) is 8.91. The summed E-state index contributed by atoms with van der Waals surface area (Å²) in [6.45, 7) is 1.63. The zero-order valence-electron chi connectivity index (χ0n) is 16.9. The van der Waals surface area contributed by atoms with Crippen LogP contribution in [0.4, 0.5) is 5.69 Å². The van der Waals surface area contributed by atoms with Crippen LogP contribution in [-0.2, 0) is 14.8 Å². The molecule has 158 valence electrons. The van der Waals surface area contributed by atoms with E-state index in [0.29, 0.717) is 17.2 Å². The maximum Gasteiger partial charge on any atom is 0.241 e. The lowest BCUT2D eigenvalue weighted by Gasteiger charge is -2.24. The third-order valence-electron chi connectivity index (χ3n) is 4.01. The van der Waals surface area contributed by atoms with Crippen molar-refractivity contribution < 1.29 is 27.4 Å². The lowest BCUT2D eigenvalue weighted by Crippen LogP contribution is -2.45. The summed E-state index contributed by atoms with van der Waals surface area (Å²) in [6.07, 6.45) is 1.04. The van der Waals surface area contributed by atoms with Crippen LogP contribution in [0.25, 0.3) is 0 Å². The number of sulfonamides is 1. The fourth-order valence-corrected chi connectivity index (χ4v) is 3.46. The number of carbonyl (C=O) groups excluding carboxylic acids is 1. The molecule has 2 rings (SSSR count). The topological polar surface area (TPSA) is 94.2 Å². The molecule has 0 saturated carbocycles. The van der Waals surface area contributed by atoms with Crippen molar-refractivity contribution in [1.29, 1.82) is 0 Å². The number of hydrogen-bond donors (Lipinski definition) is 1. The molecule has 2 aromatic carbocycles. The minimum Gasteiger partial charge on any atom is -0.497 e. The van der Waals surface area contributed by atoms with Crippen molar-refractivity contribution in [2.75, 3.05) is 37.9 Å². The van der Waals surface area contributed by atoms with E-state index in [1.807, 2.05) is 0 Å². The highest BCUT2D eigenvalue weighted by molar-refractivity contribution is 7.92. The molecule has 0 aromatic heterocycles. The summed E-state index contributed by atoms with van der Waals surface area (Å²) in [5.74, 6) is 1.27. The lowest BCUT2D eigenvalue weighted by molar-refractivity contribution is -0.120. The summed E-state index contributed by atoms with van der Waals surface area (Å²) in [6, 6.07) is 13.4. The van der Waals surface area contributed by atoms with Crippen LogP contribution in [0.2, 0.25) is 0 Å². The highest BCUT2D eigenvalue weighted by Crippen LogP contribution is 2.29. The molecule has 2 aromatic rings. The minimum atomic E-state index is -3.69. The van der Waals surface area contributed by atoms with Gasteiger partial charge in [0.15, 0.2) is 0 Å². The Morgan fingerprint density at radius 1 is 1.03 bits per heavy atom. The minimum absolute atomic E-state index is 0.228. The van der Waals surface area contributed by atoms with Gasteiger partial charge in [-0.05, 0) is 43.3 Å². The molecule has 1 amide bonds. The van der Waals surface area contributed by atoms with Gasteiger partial charge in [-0.15, -0.1) is 0 Å². The quantitative estimate of drug-likeness (QED) is 0.630. The average Bonchev–Trinajstić information content (AvgIpc) is 2.70. The van der Waals surface area contributed by atoms with Crippen LogP contribution in [0.15, 0.2) is 48.5 Å². The van der Waals surface area contributed by atoms with E-state index in [1.165, 1.54) is 7.11 Å². The standard InChI is InChI=1S/C20H26N2O6S/c1-15(14-28-17-11-9-16(26-2)10-12-17)21-20(23)13-22(29(4,24)25)18-7-5-6-8-19(18)27-3/h5-12,15H,13-14H2,1-4H3,(H,21,23)/t15-/m1/s1. The molecule has 1 N–H and O–H groups in total. The molecule has 0 heterocycles. The molecule has 0 aliphatic carbocycles. The normalized spacial score (nSPS) is 12.0. The predicted molar refractivity (Wildman–Crippen MR) is 111 cm³/mol. The largest absolute Gasteiger partial charge is 0.497 e. The number of anilines is 1. The molecule has 8 nitrogen and oxygen atoms in total. The van der Waals surface area contributed by atoms with Crippen LogP contribution >= 0.6 is 0 Å². The summed E-state index contributed by atoms with van der Waals surface area (Å²) in [5.41, 5.74) is 0.301. The number of methoxy groups -OCH3 is 2. The van der Waals surface area contributed by atoms with Gasteiger partial charge in [0.05, 0.1) is 32.2 Å². The molecule has 0 spiro atoms. The van der Waals surface area contributed by atoms with Crippen molar-refractivity contribution in [3.8, 4) is 17.2 Å². The Bertz CT molecular complexity index is 915. The van der Waals surface area contributed by atoms with E-state index in [2.05, 4.69) is 5.32 Å². The summed E-state index contributed by atoms with van der Waals surface area (Å²) < 4.78 is 41.4. The molecule has 9 heteroatoms. The van der Waals surface area contributed by atoms with Gasteiger partial charge in [0.1, 0.15) is 30.4 Å². The summed E-state index contributed by atoms with van der Waals surface area (Å²) in [5, 5.41) is 2.75. The second kappa shape index (κ2) is 10.0. The number of carbonyl (C=O) groups is 1. The van der Waals surface area contributed by atoms with Crippen molar-refractivity contribution in [3.05, 3.63) is 48.5 Å². The number of nitrogens with one attached hydrogen (secondary N) is 1. The van der Waals surface area contributed by atoms with E-state index in [9.17, 15) is 13.2 Å². The SMILES string of the molecule is COc1ccc(OC[C@@H](C)NC(=O)CN(c2ccccc2OC)S(C)(=O)=O)cc1. The van der Waals surface area contributed by atoms with Crippen LogP contribution in [0.3, 0.4) is 0 Å². The molecule has 0 radical (unpaired) electrons. The number of hydrogen-bond acceptors (Lipinski definition) is 6. The van der Waals surface area contributed by atoms with Gasteiger partial charge >= 0.3 is 0 Å². The number of para-hydroxylation sites is 2. The predicted octanol–water partition coefficient (Wildman–Crippen LogP) is 2.05. The van der Waals surface area contributed by atoms with Crippen LogP contribution in [0, 0.1) is 0 Å². The summed E-state index contributed by atoms with van der Waals surface area (Å²) >= 11 is 0. The van der Waals surface area contributed by atoms with Gasteiger partial charge in [-0.1, -0.05) is 12.1 Å². The van der Waals surface area contributed by atoms with E-state index in [0.717, 1.165) is 16.3 Å². The maximum atomic E-state index is 12.4. The molecule has 0 aliphatic rings. The van der Waals surface area contributed by atoms with Crippen molar-refractivity contribution in [3.63, 3.8) is 0 Å². The highest BCUT2D eigenvalue weighted by Gasteiger charge is 2.24.